The van der Waals surface area contributed by atoms with Crippen molar-refractivity contribution in [1.82, 2.24) is 19.7 Å². The third kappa shape index (κ3) is 7.55. The number of rotatable bonds is 13. The summed E-state index contributed by atoms with van der Waals surface area (Å²) in [5, 5.41) is 17.3. The summed E-state index contributed by atoms with van der Waals surface area (Å²) in [6.45, 7) is 3.06. The third-order valence-electron chi connectivity index (χ3n) is 7.79. The van der Waals surface area contributed by atoms with Crippen LogP contribution in [0.25, 0.3) is 5.52 Å². The molecule has 17 heteroatoms. The highest BCUT2D eigenvalue weighted by atomic mass is 31.2. The molecule has 0 spiro atoms. The van der Waals surface area contributed by atoms with Gasteiger partial charge in [-0.25, -0.2) is 14.1 Å². The fraction of sp³-hybridized carbons (Fsp3) is 0.467. The summed E-state index contributed by atoms with van der Waals surface area (Å²) < 4.78 is 49.9. The minimum absolute atomic E-state index is 0.126. The number of aromatic nitrogens is 3. The van der Waals surface area contributed by atoms with Gasteiger partial charge >= 0.3 is 25.7 Å². The molecule has 3 aromatic rings. The van der Waals surface area contributed by atoms with Gasteiger partial charge in [0, 0.05) is 13.8 Å². The van der Waals surface area contributed by atoms with Gasteiger partial charge in [-0.1, -0.05) is 24.6 Å². The number of anilines is 1. The van der Waals surface area contributed by atoms with Gasteiger partial charge in [-0.15, -0.1) is 0 Å². The molecule has 1 aromatic carbocycles. The van der Waals surface area contributed by atoms with Crippen molar-refractivity contribution in [1.29, 1.82) is 5.26 Å². The summed E-state index contributed by atoms with van der Waals surface area (Å²) in [7, 11) is -4.51. The van der Waals surface area contributed by atoms with E-state index in [-0.39, 0.29) is 29.8 Å². The van der Waals surface area contributed by atoms with E-state index < -0.39 is 62.2 Å². The molecule has 250 valence electrons. The maximum Gasteiger partial charge on any atom is 0.459 e. The van der Waals surface area contributed by atoms with Crippen LogP contribution in [0.4, 0.5) is 5.82 Å². The zero-order valence-corrected chi connectivity index (χ0v) is 26.8. The van der Waals surface area contributed by atoms with Crippen molar-refractivity contribution in [3.05, 3.63) is 54.5 Å². The van der Waals surface area contributed by atoms with E-state index in [0.29, 0.717) is 5.52 Å². The van der Waals surface area contributed by atoms with Crippen LogP contribution < -0.4 is 15.3 Å². The van der Waals surface area contributed by atoms with Gasteiger partial charge in [-0.3, -0.25) is 18.9 Å². The first-order valence-corrected chi connectivity index (χ1v) is 16.4. The lowest BCUT2D eigenvalue weighted by Crippen LogP contribution is -2.49. The van der Waals surface area contributed by atoms with Crippen molar-refractivity contribution in [2.75, 3.05) is 18.9 Å². The Balaban J connectivity index is 1.47. The standard InChI is InChI=1S/C30H35N6O10P/c1-18(29(39)41-14-21-8-7-9-21)35-47(40,46-22-10-5-4-6-11-22)42-16-30(15-31)27(44-20(3)38)26(43-19(2)37)25(45-30)23-12-13-24-28(32)33-17-34-36(23)24/h4-6,10-13,17-18,21,25-27H,7-9,14,16H2,1-3H3,(H,35,40)(H2,32,33,34)/t18-,25-,26-,27-,30+,47-/m0/s1. The lowest BCUT2D eigenvalue weighted by molar-refractivity contribution is -0.166. The van der Waals surface area contributed by atoms with E-state index >= 15 is 0 Å². The molecule has 1 saturated carbocycles. The molecule has 6 atom stereocenters. The van der Waals surface area contributed by atoms with Gasteiger partial charge in [-0.05, 0) is 49.9 Å². The number of nitrogens with two attached hydrogens (primary N) is 1. The molecule has 1 saturated heterocycles. The first kappa shape index (κ1) is 33.8. The van der Waals surface area contributed by atoms with Gasteiger partial charge in [0.15, 0.2) is 18.0 Å². The molecule has 2 aliphatic rings. The number of nitrogen functional groups attached to an aromatic ring is 1. The van der Waals surface area contributed by atoms with Crippen LogP contribution >= 0.6 is 7.75 Å². The van der Waals surface area contributed by atoms with E-state index in [1.165, 1.54) is 29.9 Å². The van der Waals surface area contributed by atoms with Gasteiger partial charge < -0.3 is 29.2 Å². The van der Waals surface area contributed by atoms with E-state index in [0.717, 1.165) is 33.1 Å². The molecule has 5 rings (SSSR count). The van der Waals surface area contributed by atoms with Crippen LogP contribution in [-0.4, -0.2) is 69.6 Å². The highest BCUT2D eigenvalue weighted by Crippen LogP contribution is 2.50. The number of nitriles is 1. The number of nitrogens with zero attached hydrogens (tertiary/aromatic N) is 4. The van der Waals surface area contributed by atoms with Gasteiger partial charge in [-0.2, -0.15) is 15.4 Å². The fourth-order valence-corrected chi connectivity index (χ4v) is 6.78. The molecule has 1 aliphatic heterocycles. The highest BCUT2D eigenvalue weighted by Gasteiger charge is 2.62. The number of carbonyl (C=O) groups excluding carboxylic acids is 3. The predicted molar refractivity (Wildman–Crippen MR) is 162 cm³/mol. The van der Waals surface area contributed by atoms with Crippen molar-refractivity contribution in [2.24, 2.45) is 5.92 Å². The topological polar surface area (TPSA) is 216 Å². The lowest BCUT2D eigenvalue weighted by Gasteiger charge is -2.30. The number of nitrogens with one attached hydrogen (secondary N) is 1. The number of para-hydroxylation sites is 1. The van der Waals surface area contributed by atoms with Crippen LogP contribution in [0.3, 0.4) is 0 Å². The minimum atomic E-state index is -4.51. The van der Waals surface area contributed by atoms with Crippen molar-refractivity contribution < 1.29 is 46.9 Å². The second-order valence-corrected chi connectivity index (χ2v) is 13.0. The molecule has 47 heavy (non-hydrogen) atoms. The second-order valence-electron chi connectivity index (χ2n) is 11.3. The average Bonchev–Trinajstić information content (AvgIpc) is 3.56. The normalized spacial score (nSPS) is 24.3. The van der Waals surface area contributed by atoms with Crippen molar-refractivity contribution >= 4 is 37.0 Å². The van der Waals surface area contributed by atoms with Gasteiger partial charge in [0.25, 0.3) is 0 Å². The molecular weight excluding hydrogens is 635 g/mol. The Bertz CT molecular complexity index is 1710. The molecule has 16 nitrogen and oxygen atoms in total. The van der Waals surface area contributed by atoms with E-state index in [1.54, 1.807) is 30.3 Å². The van der Waals surface area contributed by atoms with Crippen LogP contribution in [0, 0.1) is 17.2 Å². The fourth-order valence-electron chi connectivity index (χ4n) is 5.26. The Morgan fingerprint density at radius 2 is 1.89 bits per heavy atom. The quantitative estimate of drug-likeness (QED) is 0.152. The van der Waals surface area contributed by atoms with Crippen LogP contribution in [0.15, 0.2) is 48.8 Å². The first-order chi connectivity index (χ1) is 22.4. The highest BCUT2D eigenvalue weighted by molar-refractivity contribution is 7.52. The largest absolute Gasteiger partial charge is 0.464 e. The number of esters is 3. The number of ether oxygens (including phenoxy) is 4. The number of fused-ring (bicyclic) bond motifs is 1. The summed E-state index contributed by atoms with van der Waals surface area (Å²) in [5.74, 6) is -1.72. The molecule has 2 fully saturated rings. The number of hydrogen-bond acceptors (Lipinski definition) is 14. The molecular formula is C30H35N6O10P. The second kappa shape index (κ2) is 14.1. The van der Waals surface area contributed by atoms with Gasteiger partial charge in [0.2, 0.25) is 5.60 Å². The summed E-state index contributed by atoms with van der Waals surface area (Å²) in [6.07, 6.45) is -0.0400. The molecule has 0 amide bonds. The van der Waals surface area contributed by atoms with E-state index in [2.05, 4.69) is 15.2 Å². The molecule has 2 aromatic heterocycles. The molecule has 0 radical (unpaired) electrons. The first-order valence-electron chi connectivity index (χ1n) is 14.9. The Morgan fingerprint density at radius 1 is 1.17 bits per heavy atom. The van der Waals surface area contributed by atoms with Crippen molar-refractivity contribution in [3.63, 3.8) is 0 Å². The van der Waals surface area contributed by atoms with Gasteiger partial charge in [0.05, 0.1) is 12.3 Å². The van der Waals surface area contributed by atoms with Crippen LogP contribution in [-0.2, 0) is 42.4 Å². The predicted octanol–water partition coefficient (Wildman–Crippen LogP) is 3.03. The summed E-state index contributed by atoms with van der Waals surface area (Å²) in [6, 6.07) is 12.0. The van der Waals surface area contributed by atoms with E-state index in [1.807, 2.05) is 6.07 Å². The maximum absolute atomic E-state index is 14.3. The van der Waals surface area contributed by atoms with Crippen molar-refractivity contribution in [2.45, 2.75) is 70.0 Å². The summed E-state index contributed by atoms with van der Waals surface area (Å²) in [4.78, 5) is 41.4. The Morgan fingerprint density at radius 3 is 2.53 bits per heavy atom. The van der Waals surface area contributed by atoms with Crippen LogP contribution in [0.2, 0.25) is 0 Å². The minimum Gasteiger partial charge on any atom is -0.464 e. The molecule has 3 heterocycles. The molecule has 0 bridgehead atoms. The molecule has 0 unspecified atom stereocenters. The van der Waals surface area contributed by atoms with E-state index in [4.69, 9.17) is 33.7 Å². The Labute approximate surface area is 270 Å². The average molecular weight is 671 g/mol. The Kier molecular flexibility index (Phi) is 10.1. The molecule has 1 aliphatic carbocycles. The Hall–Kier alpha value is -4.55. The smallest absolute Gasteiger partial charge is 0.459 e. The number of benzene rings is 1. The lowest BCUT2D eigenvalue weighted by atomic mass is 9.86. The zero-order valence-electron chi connectivity index (χ0n) is 25.9. The van der Waals surface area contributed by atoms with E-state index in [9.17, 15) is 24.2 Å². The van der Waals surface area contributed by atoms with Crippen LogP contribution in [0.5, 0.6) is 5.75 Å². The zero-order chi connectivity index (χ0) is 33.8. The van der Waals surface area contributed by atoms with Crippen LogP contribution in [0.1, 0.15) is 51.8 Å². The van der Waals surface area contributed by atoms with Gasteiger partial charge in [0.1, 0.15) is 42.4 Å². The summed E-state index contributed by atoms with van der Waals surface area (Å²) >= 11 is 0. The molecule has 3 N–H and O–H groups in total. The third-order valence-corrected chi connectivity index (χ3v) is 9.41. The number of carbonyl (C=O) groups is 3. The summed E-state index contributed by atoms with van der Waals surface area (Å²) in [5.41, 5.74) is 4.45. The maximum atomic E-state index is 14.3. The monoisotopic (exact) mass is 670 g/mol. The SMILES string of the molecule is CC(=O)O[C@H]1[C@H](c2ccc3c(N)ncnn23)O[C@](C#N)(CO[P@@](=O)(N[C@@H](C)C(=O)OCC2CCC2)Oc2ccccc2)[C@H]1OC(C)=O. The number of hydrogen-bond donors (Lipinski definition) is 2. The van der Waals surface area contributed by atoms with Crippen molar-refractivity contribution in [3.8, 4) is 11.8 Å².